The molecule has 1 aromatic heterocycles. The standard InChI is InChI=1S/C34H28N2O7S/c1-41-29-14-11-21(16-31(29)42-2)15-28(36-32(38)22-7-4-3-5-8-22)33(39)35-25-9-6-10-27(18-25)44-20-24-17-23-12-13-26(37)19-30(23)43-34(24)40/h3-19,37H,20H2,1-2H3,(H,35,39)(H,36,38)/b28-15-. The van der Waals surface area contributed by atoms with Gasteiger partial charge in [0.15, 0.2) is 11.5 Å². The van der Waals surface area contributed by atoms with Crippen molar-refractivity contribution in [1.29, 1.82) is 0 Å². The highest BCUT2D eigenvalue weighted by Crippen LogP contribution is 2.29. The molecule has 2 amide bonds. The molecular weight excluding hydrogens is 580 g/mol. The second-order valence-electron chi connectivity index (χ2n) is 9.54. The molecule has 3 N–H and O–H groups in total. The van der Waals surface area contributed by atoms with Crippen LogP contribution in [0.1, 0.15) is 21.5 Å². The van der Waals surface area contributed by atoms with Crippen molar-refractivity contribution in [3.63, 3.8) is 0 Å². The van der Waals surface area contributed by atoms with Crippen molar-refractivity contribution < 1.29 is 28.6 Å². The number of benzene rings is 4. The summed E-state index contributed by atoms with van der Waals surface area (Å²) in [6.07, 6.45) is 1.55. The van der Waals surface area contributed by atoms with Crippen molar-refractivity contribution >= 4 is 46.3 Å². The Morgan fingerprint density at radius 2 is 1.68 bits per heavy atom. The number of aromatic hydroxyl groups is 1. The van der Waals surface area contributed by atoms with Crippen LogP contribution in [0.5, 0.6) is 17.2 Å². The van der Waals surface area contributed by atoms with Crippen molar-refractivity contribution in [2.75, 3.05) is 19.5 Å². The minimum absolute atomic E-state index is 0.0167. The SMILES string of the molecule is COc1ccc(/C=C(\NC(=O)c2ccccc2)C(=O)Nc2cccc(SCc3cc4ccc(O)cc4oc3=O)c2)cc1OC. The Labute approximate surface area is 257 Å². The Bertz CT molecular complexity index is 1920. The van der Waals surface area contributed by atoms with Gasteiger partial charge in [-0.15, -0.1) is 11.8 Å². The summed E-state index contributed by atoms with van der Waals surface area (Å²) in [7, 11) is 3.04. The van der Waals surface area contributed by atoms with E-state index in [1.165, 1.54) is 38.1 Å². The number of ether oxygens (including phenoxy) is 2. The fourth-order valence-electron chi connectivity index (χ4n) is 4.32. The largest absolute Gasteiger partial charge is 0.508 e. The van der Waals surface area contributed by atoms with E-state index in [4.69, 9.17) is 13.9 Å². The molecular formula is C34H28N2O7S. The smallest absolute Gasteiger partial charge is 0.340 e. The Morgan fingerprint density at radius 3 is 2.45 bits per heavy atom. The van der Waals surface area contributed by atoms with Gasteiger partial charge >= 0.3 is 5.63 Å². The Morgan fingerprint density at radius 1 is 0.886 bits per heavy atom. The molecule has 0 radical (unpaired) electrons. The van der Waals surface area contributed by atoms with E-state index in [1.807, 2.05) is 6.07 Å². The molecule has 4 aromatic carbocycles. The molecule has 5 rings (SSSR count). The van der Waals surface area contributed by atoms with Crippen molar-refractivity contribution in [2.24, 2.45) is 0 Å². The van der Waals surface area contributed by atoms with E-state index in [1.54, 1.807) is 84.9 Å². The molecule has 9 nitrogen and oxygen atoms in total. The summed E-state index contributed by atoms with van der Waals surface area (Å²) in [4.78, 5) is 39.8. The van der Waals surface area contributed by atoms with Crippen molar-refractivity contribution in [2.45, 2.75) is 10.6 Å². The fourth-order valence-corrected chi connectivity index (χ4v) is 5.23. The highest BCUT2D eigenvalue weighted by molar-refractivity contribution is 7.98. The van der Waals surface area contributed by atoms with Gasteiger partial charge in [0.25, 0.3) is 11.8 Å². The van der Waals surface area contributed by atoms with Crippen LogP contribution >= 0.6 is 11.8 Å². The van der Waals surface area contributed by atoms with Crippen LogP contribution in [-0.4, -0.2) is 31.1 Å². The Hall–Kier alpha value is -5.48. The summed E-state index contributed by atoms with van der Waals surface area (Å²) in [5.41, 5.74) is 1.80. The van der Waals surface area contributed by atoms with E-state index in [0.717, 1.165) is 4.90 Å². The number of nitrogens with one attached hydrogen (secondary N) is 2. The van der Waals surface area contributed by atoms with Gasteiger partial charge in [0.2, 0.25) is 0 Å². The fraction of sp³-hybridized carbons (Fsp3) is 0.0882. The third kappa shape index (κ3) is 7.29. The molecule has 222 valence electrons. The summed E-state index contributed by atoms with van der Waals surface area (Å²) in [6, 6.07) is 27.2. The molecule has 0 aliphatic heterocycles. The summed E-state index contributed by atoms with van der Waals surface area (Å²) in [5, 5.41) is 15.9. The summed E-state index contributed by atoms with van der Waals surface area (Å²) in [5.74, 6) is 0.361. The molecule has 44 heavy (non-hydrogen) atoms. The van der Waals surface area contributed by atoms with Crippen LogP contribution in [0.3, 0.4) is 0 Å². The van der Waals surface area contributed by atoms with Crippen LogP contribution in [0.15, 0.2) is 117 Å². The quantitative estimate of drug-likeness (QED) is 0.0970. The molecule has 0 aliphatic carbocycles. The van der Waals surface area contributed by atoms with Gasteiger partial charge in [-0.05, 0) is 72.3 Å². The molecule has 0 bridgehead atoms. The lowest BCUT2D eigenvalue weighted by molar-refractivity contribution is -0.113. The van der Waals surface area contributed by atoms with Crippen LogP contribution in [-0.2, 0) is 10.5 Å². The molecule has 0 saturated heterocycles. The highest BCUT2D eigenvalue weighted by Gasteiger charge is 2.16. The van der Waals surface area contributed by atoms with E-state index >= 15 is 0 Å². The number of rotatable bonds is 10. The highest BCUT2D eigenvalue weighted by atomic mass is 32.2. The summed E-state index contributed by atoms with van der Waals surface area (Å²) < 4.78 is 16.1. The first-order valence-electron chi connectivity index (χ1n) is 13.4. The average molecular weight is 609 g/mol. The number of fused-ring (bicyclic) bond motifs is 1. The zero-order valence-corrected chi connectivity index (χ0v) is 24.6. The van der Waals surface area contributed by atoms with E-state index in [0.29, 0.717) is 50.6 Å². The number of phenolic OH excluding ortho intramolecular Hbond substituents is 1. The molecule has 0 atom stereocenters. The van der Waals surface area contributed by atoms with Crippen LogP contribution < -0.4 is 25.7 Å². The van der Waals surface area contributed by atoms with Gasteiger partial charge < -0.3 is 29.6 Å². The van der Waals surface area contributed by atoms with Gasteiger partial charge in [0.1, 0.15) is 17.0 Å². The molecule has 0 saturated carbocycles. The third-order valence-electron chi connectivity index (χ3n) is 6.53. The number of amides is 2. The van der Waals surface area contributed by atoms with Gasteiger partial charge in [-0.3, -0.25) is 9.59 Å². The predicted molar refractivity (Wildman–Crippen MR) is 170 cm³/mol. The molecule has 5 aromatic rings. The first-order valence-corrected chi connectivity index (χ1v) is 14.4. The van der Waals surface area contributed by atoms with Crippen LogP contribution in [0.25, 0.3) is 17.0 Å². The molecule has 10 heteroatoms. The molecule has 1 heterocycles. The van der Waals surface area contributed by atoms with Gasteiger partial charge in [0.05, 0.1) is 14.2 Å². The van der Waals surface area contributed by atoms with E-state index < -0.39 is 17.4 Å². The Kier molecular flexibility index (Phi) is 9.31. The maximum absolute atomic E-state index is 13.5. The van der Waals surface area contributed by atoms with Gasteiger partial charge in [0, 0.05) is 38.9 Å². The lowest BCUT2D eigenvalue weighted by Crippen LogP contribution is -2.30. The number of carbonyl (C=O) groups excluding carboxylic acids is 2. The maximum Gasteiger partial charge on any atom is 0.340 e. The third-order valence-corrected chi connectivity index (χ3v) is 7.57. The normalized spacial score (nSPS) is 11.2. The lowest BCUT2D eigenvalue weighted by Gasteiger charge is -2.13. The predicted octanol–water partition coefficient (Wildman–Crippen LogP) is 6.22. The van der Waals surface area contributed by atoms with Gasteiger partial charge in [-0.2, -0.15) is 0 Å². The van der Waals surface area contributed by atoms with Gasteiger partial charge in [-0.25, -0.2) is 4.79 Å². The van der Waals surface area contributed by atoms with E-state index in [9.17, 15) is 19.5 Å². The molecule has 0 fully saturated rings. The number of methoxy groups -OCH3 is 2. The topological polar surface area (TPSA) is 127 Å². The van der Waals surface area contributed by atoms with Crippen molar-refractivity contribution in [3.05, 3.63) is 130 Å². The molecule has 0 spiro atoms. The maximum atomic E-state index is 13.5. The van der Waals surface area contributed by atoms with Crippen molar-refractivity contribution in [3.8, 4) is 17.2 Å². The summed E-state index contributed by atoms with van der Waals surface area (Å²) >= 11 is 1.40. The average Bonchev–Trinajstić information content (AvgIpc) is 3.04. The minimum atomic E-state index is -0.537. The zero-order chi connectivity index (χ0) is 31.1. The number of anilines is 1. The van der Waals surface area contributed by atoms with E-state index in [2.05, 4.69) is 10.6 Å². The van der Waals surface area contributed by atoms with Crippen LogP contribution in [0.4, 0.5) is 5.69 Å². The number of carbonyl (C=O) groups is 2. The lowest BCUT2D eigenvalue weighted by atomic mass is 10.1. The Balaban J connectivity index is 1.36. The van der Waals surface area contributed by atoms with Crippen molar-refractivity contribution in [1.82, 2.24) is 5.32 Å². The second kappa shape index (κ2) is 13.7. The number of hydrogen-bond donors (Lipinski definition) is 3. The monoisotopic (exact) mass is 608 g/mol. The van der Waals surface area contributed by atoms with E-state index in [-0.39, 0.29) is 11.4 Å². The second-order valence-corrected chi connectivity index (χ2v) is 10.6. The number of phenols is 1. The summed E-state index contributed by atoms with van der Waals surface area (Å²) in [6.45, 7) is 0. The minimum Gasteiger partial charge on any atom is -0.508 e. The van der Waals surface area contributed by atoms with Crippen LogP contribution in [0, 0.1) is 0 Å². The van der Waals surface area contributed by atoms with Crippen LogP contribution in [0.2, 0.25) is 0 Å². The first kappa shape index (κ1) is 30.0. The number of hydrogen-bond acceptors (Lipinski definition) is 8. The molecule has 0 unspecified atom stereocenters. The first-order chi connectivity index (χ1) is 21.3. The zero-order valence-electron chi connectivity index (χ0n) is 23.8. The number of thioether (sulfide) groups is 1. The van der Waals surface area contributed by atoms with Gasteiger partial charge in [-0.1, -0.05) is 30.3 Å². The molecule has 0 aliphatic rings.